The summed E-state index contributed by atoms with van der Waals surface area (Å²) in [5.74, 6) is 0.646. The molecule has 4 atom stereocenters. The SMILES string of the molecule is NC(=O)CNc1nc(N2C[C@H](N)C[C@H](N)C2)nc(N2C[C@H](N)C[C@H](N)C2)n1. The van der Waals surface area contributed by atoms with Gasteiger partial charge in [-0.05, 0) is 12.8 Å². The Kier molecular flexibility index (Phi) is 5.89. The fraction of sp³-hybridized carbons (Fsp3) is 0.733. The van der Waals surface area contributed by atoms with Crippen molar-refractivity contribution in [2.45, 2.75) is 37.0 Å². The summed E-state index contributed by atoms with van der Waals surface area (Å²) in [5.41, 5.74) is 29.6. The van der Waals surface area contributed by atoms with Gasteiger partial charge in [0.1, 0.15) is 0 Å². The van der Waals surface area contributed by atoms with Crippen molar-refractivity contribution in [1.29, 1.82) is 0 Å². The van der Waals surface area contributed by atoms with Gasteiger partial charge in [0.25, 0.3) is 0 Å². The molecule has 1 aromatic heterocycles. The molecule has 0 saturated carbocycles. The molecule has 27 heavy (non-hydrogen) atoms. The lowest BCUT2D eigenvalue weighted by atomic mass is 10.0. The molecule has 2 fully saturated rings. The standard InChI is InChI=1S/C15H29N11O/c16-8-1-9(17)5-25(4-8)14-22-13(21-3-12(20)27)23-15(24-14)26-6-10(18)2-11(19)7-26/h8-11H,1-7,16-19H2,(H2,20,27)(H,21,22,23,24)/t8-,9+,10-,11+. The van der Waals surface area contributed by atoms with Gasteiger partial charge >= 0.3 is 0 Å². The third-order valence-electron chi connectivity index (χ3n) is 4.63. The second kappa shape index (κ2) is 8.17. The molecule has 0 aliphatic carbocycles. The van der Waals surface area contributed by atoms with Crippen LogP contribution in [0.5, 0.6) is 0 Å². The molecule has 150 valence electrons. The molecular weight excluding hydrogens is 350 g/mol. The van der Waals surface area contributed by atoms with Crippen molar-refractivity contribution in [2.24, 2.45) is 28.7 Å². The van der Waals surface area contributed by atoms with Gasteiger partial charge in [-0.2, -0.15) is 15.0 Å². The van der Waals surface area contributed by atoms with Crippen LogP contribution >= 0.6 is 0 Å². The van der Waals surface area contributed by atoms with Crippen LogP contribution < -0.4 is 43.8 Å². The van der Waals surface area contributed by atoms with Crippen molar-refractivity contribution < 1.29 is 4.79 Å². The highest BCUT2D eigenvalue weighted by Gasteiger charge is 2.28. The maximum Gasteiger partial charge on any atom is 0.236 e. The molecule has 2 saturated heterocycles. The van der Waals surface area contributed by atoms with E-state index in [1.165, 1.54) is 0 Å². The molecule has 12 nitrogen and oxygen atoms in total. The van der Waals surface area contributed by atoms with Gasteiger partial charge in [-0.1, -0.05) is 0 Å². The second-order valence-corrected chi connectivity index (χ2v) is 7.40. The lowest BCUT2D eigenvalue weighted by Crippen LogP contribution is -2.54. The Labute approximate surface area is 157 Å². The van der Waals surface area contributed by atoms with Crippen LogP contribution in [-0.4, -0.2) is 77.8 Å². The van der Waals surface area contributed by atoms with Crippen molar-refractivity contribution in [3.05, 3.63) is 0 Å². The Morgan fingerprint density at radius 3 is 1.63 bits per heavy atom. The fourth-order valence-corrected chi connectivity index (χ4v) is 3.57. The van der Waals surface area contributed by atoms with E-state index in [9.17, 15) is 4.79 Å². The fourth-order valence-electron chi connectivity index (χ4n) is 3.57. The number of nitrogens with zero attached hydrogens (tertiary/aromatic N) is 5. The molecule has 3 heterocycles. The molecule has 0 radical (unpaired) electrons. The Bertz CT molecular complexity index is 607. The number of amides is 1. The van der Waals surface area contributed by atoms with Gasteiger partial charge < -0.3 is 43.8 Å². The van der Waals surface area contributed by atoms with Crippen LogP contribution in [0.4, 0.5) is 17.8 Å². The number of aromatic nitrogens is 3. The second-order valence-electron chi connectivity index (χ2n) is 7.40. The first-order valence-electron chi connectivity index (χ1n) is 9.10. The van der Waals surface area contributed by atoms with Gasteiger partial charge in [0.2, 0.25) is 23.8 Å². The van der Waals surface area contributed by atoms with E-state index in [1.807, 2.05) is 9.80 Å². The van der Waals surface area contributed by atoms with Crippen molar-refractivity contribution in [1.82, 2.24) is 15.0 Å². The number of anilines is 3. The predicted octanol–water partition coefficient (Wildman–Crippen LogP) is -3.50. The molecule has 1 amide bonds. The number of carbonyl (C=O) groups excluding carboxylic acids is 1. The molecule has 1 aromatic rings. The summed E-state index contributed by atoms with van der Waals surface area (Å²) in [5, 5.41) is 2.83. The van der Waals surface area contributed by atoms with Gasteiger partial charge in [0, 0.05) is 50.3 Å². The molecule has 0 unspecified atom stereocenters. The minimum atomic E-state index is -0.512. The van der Waals surface area contributed by atoms with E-state index in [0.29, 0.717) is 38.1 Å². The average molecular weight is 379 g/mol. The number of carbonyl (C=O) groups is 1. The van der Waals surface area contributed by atoms with Gasteiger partial charge in [-0.3, -0.25) is 4.79 Å². The molecule has 12 heteroatoms. The Balaban J connectivity index is 1.89. The third kappa shape index (κ3) is 5.13. The minimum absolute atomic E-state index is 0.0622. The first-order chi connectivity index (χ1) is 12.8. The molecular formula is C15H29N11O. The normalized spacial score (nSPS) is 28.9. The molecule has 0 spiro atoms. The Morgan fingerprint density at radius 1 is 0.852 bits per heavy atom. The van der Waals surface area contributed by atoms with Crippen LogP contribution in [0.2, 0.25) is 0 Å². The summed E-state index contributed by atoms with van der Waals surface area (Å²) in [6.45, 7) is 2.27. The predicted molar refractivity (Wildman–Crippen MR) is 103 cm³/mol. The average Bonchev–Trinajstić information content (AvgIpc) is 2.58. The van der Waals surface area contributed by atoms with E-state index in [0.717, 1.165) is 12.8 Å². The minimum Gasteiger partial charge on any atom is -0.368 e. The summed E-state index contributed by atoms with van der Waals surface area (Å²) < 4.78 is 0. The summed E-state index contributed by atoms with van der Waals surface area (Å²) in [6.07, 6.45) is 1.49. The van der Waals surface area contributed by atoms with Crippen molar-refractivity contribution in [3.63, 3.8) is 0 Å². The van der Waals surface area contributed by atoms with Crippen molar-refractivity contribution >= 4 is 23.8 Å². The zero-order valence-corrected chi connectivity index (χ0v) is 15.3. The first-order valence-corrected chi connectivity index (χ1v) is 9.10. The number of rotatable bonds is 5. The van der Waals surface area contributed by atoms with Crippen LogP contribution in [0.25, 0.3) is 0 Å². The first kappa shape index (κ1) is 19.5. The lowest BCUT2D eigenvalue weighted by molar-refractivity contribution is -0.116. The van der Waals surface area contributed by atoms with Gasteiger partial charge in [-0.15, -0.1) is 0 Å². The van der Waals surface area contributed by atoms with E-state index < -0.39 is 5.91 Å². The summed E-state index contributed by atoms with van der Waals surface area (Å²) in [6, 6.07) is -0.249. The molecule has 2 aliphatic rings. The van der Waals surface area contributed by atoms with E-state index in [1.54, 1.807) is 0 Å². The zero-order valence-electron chi connectivity index (χ0n) is 15.3. The molecule has 0 bridgehead atoms. The highest BCUT2D eigenvalue weighted by molar-refractivity contribution is 5.78. The number of primary amides is 1. The van der Waals surface area contributed by atoms with Gasteiger partial charge in [-0.25, -0.2) is 0 Å². The highest BCUT2D eigenvalue weighted by Crippen LogP contribution is 2.22. The molecule has 2 aliphatic heterocycles. The van der Waals surface area contributed by atoms with Crippen LogP contribution in [0, 0.1) is 0 Å². The van der Waals surface area contributed by atoms with Crippen molar-refractivity contribution in [3.8, 4) is 0 Å². The number of hydrogen-bond donors (Lipinski definition) is 6. The quantitative estimate of drug-likeness (QED) is 0.296. The van der Waals surface area contributed by atoms with E-state index in [-0.39, 0.29) is 36.7 Å². The van der Waals surface area contributed by atoms with Crippen LogP contribution in [-0.2, 0) is 4.79 Å². The zero-order chi connectivity index (χ0) is 19.6. The smallest absolute Gasteiger partial charge is 0.236 e. The van der Waals surface area contributed by atoms with Crippen LogP contribution in [0.3, 0.4) is 0 Å². The lowest BCUT2D eigenvalue weighted by Gasteiger charge is -2.36. The van der Waals surface area contributed by atoms with E-state index >= 15 is 0 Å². The van der Waals surface area contributed by atoms with E-state index in [2.05, 4.69) is 20.3 Å². The molecule has 0 aromatic carbocycles. The largest absolute Gasteiger partial charge is 0.368 e. The number of hydrogen-bond acceptors (Lipinski definition) is 11. The Hall–Kier alpha value is -2.28. The highest BCUT2D eigenvalue weighted by atomic mass is 16.1. The monoisotopic (exact) mass is 379 g/mol. The maximum absolute atomic E-state index is 11.1. The number of piperidine rings is 2. The molecule has 3 rings (SSSR count). The summed E-state index contributed by atoms with van der Waals surface area (Å²) in [4.78, 5) is 28.4. The molecule has 11 N–H and O–H groups in total. The van der Waals surface area contributed by atoms with Crippen LogP contribution in [0.15, 0.2) is 0 Å². The third-order valence-corrected chi connectivity index (χ3v) is 4.63. The Morgan fingerprint density at radius 2 is 1.26 bits per heavy atom. The summed E-state index contributed by atoms with van der Waals surface area (Å²) >= 11 is 0. The van der Waals surface area contributed by atoms with Gasteiger partial charge in [0.05, 0.1) is 6.54 Å². The van der Waals surface area contributed by atoms with E-state index in [4.69, 9.17) is 28.7 Å². The van der Waals surface area contributed by atoms with Crippen LogP contribution in [0.1, 0.15) is 12.8 Å². The topological polar surface area (TPSA) is 204 Å². The van der Waals surface area contributed by atoms with Gasteiger partial charge in [0.15, 0.2) is 0 Å². The number of nitrogens with two attached hydrogens (primary N) is 5. The maximum atomic E-state index is 11.1. The summed E-state index contributed by atoms with van der Waals surface area (Å²) in [7, 11) is 0. The number of nitrogens with one attached hydrogen (secondary N) is 1. The van der Waals surface area contributed by atoms with Crippen molar-refractivity contribution in [2.75, 3.05) is 47.8 Å².